The molecule has 0 atom stereocenters. The summed E-state index contributed by atoms with van der Waals surface area (Å²) in [4.78, 5) is 0. The van der Waals surface area contributed by atoms with Gasteiger partial charge in [0.2, 0.25) is 5.88 Å². The molecular weight excluding hydrogens is 232 g/mol. The van der Waals surface area contributed by atoms with Crippen LogP contribution >= 0.6 is 0 Å². The summed E-state index contributed by atoms with van der Waals surface area (Å²) in [5.74, 6) is 1.18. The lowest BCUT2D eigenvalue weighted by Gasteiger charge is -2.06. The maximum absolute atomic E-state index is 5.54. The van der Waals surface area contributed by atoms with Crippen LogP contribution in [0.3, 0.4) is 0 Å². The van der Waals surface area contributed by atoms with E-state index in [0.29, 0.717) is 18.3 Å². The van der Waals surface area contributed by atoms with Crippen molar-refractivity contribution in [3.05, 3.63) is 23.1 Å². The summed E-state index contributed by atoms with van der Waals surface area (Å²) in [6.45, 7) is 7.03. The number of aromatic nitrogens is 6. The highest BCUT2D eigenvalue weighted by molar-refractivity contribution is 5.21. The monoisotopic (exact) mass is 248 g/mol. The number of hydrogen-bond donors (Lipinski definition) is 0. The molecule has 96 valence electrons. The van der Waals surface area contributed by atoms with Crippen molar-refractivity contribution in [2.24, 2.45) is 0 Å². The summed E-state index contributed by atoms with van der Waals surface area (Å²) in [5.41, 5.74) is 1.95. The number of ether oxygens (including phenoxy) is 1. The van der Waals surface area contributed by atoms with Gasteiger partial charge in [-0.3, -0.25) is 0 Å². The normalized spacial score (nSPS) is 10.6. The predicted molar refractivity (Wildman–Crippen MR) is 63.9 cm³/mol. The Morgan fingerprint density at radius 1 is 1.22 bits per heavy atom. The number of hydrogen-bond acceptors (Lipinski definition) is 6. The van der Waals surface area contributed by atoms with Gasteiger partial charge in [0.05, 0.1) is 5.69 Å². The first-order chi connectivity index (χ1) is 8.70. The van der Waals surface area contributed by atoms with Gasteiger partial charge in [-0.1, -0.05) is 6.92 Å². The molecule has 0 saturated carbocycles. The van der Waals surface area contributed by atoms with Gasteiger partial charge in [0.25, 0.3) is 0 Å². The van der Waals surface area contributed by atoms with E-state index in [0.717, 1.165) is 24.2 Å². The average molecular weight is 248 g/mol. The minimum atomic E-state index is 0.296. The molecule has 7 heteroatoms. The third kappa shape index (κ3) is 2.79. The topological polar surface area (TPSA) is 78.6 Å². The molecule has 2 aromatic heterocycles. The van der Waals surface area contributed by atoms with E-state index in [4.69, 9.17) is 4.74 Å². The summed E-state index contributed by atoms with van der Waals surface area (Å²) >= 11 is 0. The van der Waals surface area contributed by atoms with Gasteiger partial charge in [-0.2, -0.15) is 5.10 Å². The number of rotatable bonds is 5. The zero-order valence-electron chi connectivity index (χ0n) is 10.8. The van der Waals surface area contributed by atoms with E-state index in [9.17, 15) is 0 Å². The predicted octanol–water partition coefficient (Wildman–Crippen LogP) is 1.07. The lowest BCUT2D eigenvalue weighted by Crippen LogP contribution is -2.09. The Kier molecular flexibility index (Phi) is 3.81. The van der Waals surface area contributed by atoms with Gasteiger partial charge in [-0.15, -0.1) is 10.2 Å². The summed E-state index contributed by atoms with van der Waals surface area (Å²) in [6, 6.07) is 1.86. The molecule has 0 amide bonds. The molecule has 0 saturated heterocycles. The third-order valence-electron chi connectivity index (χ3n) is 2.60. The Morgan fingerprint density at radius 3 is 2.78 bits per heavy atom. The smallest absolute Gasteiger partial charge is 0.234 e. The molecule has 0 aliphatic carbocycles. The SMILES string of the molecule is CCCn1nnnc1COc1cc(C)c(C)nn1. The molecular formula is C11H16N6O. The van der Waals surface area contributed by atoms with E-state index in [1.165, 1.54) is 0 Å². The molecule has 0 fully saturated rings. The van der Waals surface area contributed by atoms with Gasteiger partial charge in [-0.05, 0) is 36.3 Å². The third-order valence-corrected chi connectivity index (χ3v) is 2.60. The minimum Gasteiger partial charge on any atom is -0.468 e. The summed E-state index contributed by atoms with van der Waals surface area (Å²) in [6.07, 6.45) is 0.974. The second-order valence-electron chi connectivity index (χ2n) is 4.06. The van der Waals surface area contributed by atoms with E-state index >= 15 is 0 Å². The second-order valence-corrected chi connectivity index (χ2v) is 4.06. The first-order valence-corrected chi connectivity index (χ1v) is 5.89. The van der Waals surface area contributed by atoms with Crippen LogP contribution in [-0.2, 0) is 13.2 Å². The zero-order chi connectivity index (χ0) is 13.0. The van der Waals surface area contributed by atoms with Crippen molar-refractivity contribution < 1.29 is 4.74 Å². The van der Waals surface area contributed by atoms with Gasteiger partial charge in [0.1, 0.15) is 0 Å². The van der Waals surface area contributed by atoms with Crippen LogP contribution in [0.25, 0.3) is 0 Å². The quantitative estimate of drug-likeness (QED) is 0.787. The molecule has 0 aromatic carbocycles. The van der Waals surface area contributed by atoms with E-state index in [-0.39, 0.29) is 0 Å². The molecule has 2 heterocycles. The van der Waals surface area contributed by atoms with Crippen molar-refractivity contribution in [1.82, 2.24) is 30.4 Å². The molecule has 2 aromatic rings. The lowest BCUT2D eigenvalue weighted by molar-refractivity contribution is 0.271. The summed E-state index contributed by atoms with van der Waals surface area (Å²) in [7, 11) is 0. The highest BCUT2D eigenvalue weighted by atomic mass is 16.5. The van der Waals surface area contributed by atoms with E-state index in [1.54, 1.807) is 4.68 Å². The van der Waals surface area contributed by atoms with E-state index in [1.807, 2.05) is 19.9 Å². The van der Waals surface area contributed by atoms with Gasteiger partial charge >= 0.3 is 0 Å². The Hall–Kier alpha value is -2.05. The minimum absolute atomic E-state index is 0.296. The van der Waals surface area contributed by atoms with E-state index in [2.05, 4.69) is 32.6 Å². The second kappa shape index (κ2) is 5.52. The number of nitrogens with zero attached hydrogens (tertiary/aromatic N) is 6. The van der Waals surface area contributed by atoms with Gasteiger partial charge in [0, 0.05) is 12.6 Å². The molecule has 0 bridgehead atoms. The molecule has 0 N–H and O–H groups in total. The summed E-state index contributed by atoms with van der Waals surface area (Å²) < 4.78 is 7.27. The van der Waals surface area contributed by atoms with E-state index < -0.39 is 0 Å². The zero-order valence-corrected chi connectivity index (χ0v) is 10.8. The van der Waals surface area contributed by atoms with Crippen molar-refractivity contribution in [3.63, 3.8) is 0 Å². The number of tetrazole rings is 1. The van der Waals surface area contributed by atoms with Crippen LogP contribution in [0, 0.1) is 13.8 Å². The van der Waals surface area contributed by atoms with Crippen LogP contribution in [0.15, 0.2) is 6.07 Å². The largest absolute Gasteiger partial charge is 0.468 e. The highest BCUT2D eigenvalue weighted by Gasteiger charge is 2.07. The van der Waals surface area contributed by atoms with Crippen LogP contribution < -0.4 is 4.74 Å². The number of aryl methyl sites for hydroxylation is 3. The van der Waals surface area contributed by atoms with Crippen molar-refractivity contribution >= 4 is 0 Å². The molecule has 2 rings (SSSR count). The molecule has 18 heavy (non-hydrogen) atoms. The first kappa shape index (κ1) is 12.4. The fourth-order valence-electron chi connectivity index (χ4n) is 1.44. The van der Waals surface area contributed by atoms with Crippen molar-refractivity contribution in [2.75, 3.05) is 0 Å². The molecule has 0 spiro atoms. The van der Waals surface area contributed by atoms with Crippen LogP contribution in [0.4, 0.5) is 0 Å². The van der Waals surface area contributed by atoms with Crippen molar-refractivity contribution in [2.45, 2.75) is 40.3 Å². The Balaban J connectivity index is 2.02. The van der Waals surface area contributed by atoms with Crippen molar-refractivity contribution in [1.29, 1.82) is 0 Å². The fourth-order valence-corrected chi connectivity index (χ4v) is 1.44. The lowest BCUT2D eigenvalue weighted by atomic mass is 10.2. The van der Waals surface area contributed by atoms with Crippen LogP contribution in [0.1, 0.15) is 30.4 Å². The molecule has 0 unspecified atom stereocenters. The van der Waals surface area contributed by atoms with Gasteiger partial charge < -0.3 is 4.74 Å². The molecule has 0 aliphatic rings. The standard InChI is InChI=1S/C11H16N6O/c1-4-5-17-10(13-15-16-17)7-18-11-6-8(2)9(3)12-14-11/h6H,4-5,7H2,1-3H3. The molecule has 0 aliphatic heterocycles. The van der Waals surface area contributed by atoms with Crippen LogP contribution in [-0.4, -0.2) is 30.4 Å². The molecule has 7 nitrogen and oxygen atoms in total. The van der Waals surface area contributed by atoms with Gasteiger partial charge in [0.15, 0.2) is 12.4 Å². The van der Waals surface area contributed by atoms with Gasteiger partial charge in [-0.25, -0.2) is 4.68 Å². The fraction of sp³-hybridized carbons (Fsp3) is 0.545. The first-order valence-electron chi connectivity index (χ1n) is 5.89. The summed E-state index contributed by atoms with van der Waals surface area (Å²) in [5, 5.41) is 19.4. The average Bonchev–Trinajstić information content (AvgIpc) is 2.79. The Morgan fingerprint density at radius 2 is 2.06 bits per heavy atom. The maximum atomic E-state index is 5.54. The highest BCUT2D eigenvalue weighted by Crippen LogP contribution is 2.11. The Labute approximate surface area is 105 Å². The van der Waals surface area contributed by atoms with Crippen molar-refractivity contribution in [3.8, 4) is 5.88 Å². The molecule has 0 radical (unpaired) electrons. The van der Waals surface area contributed by atoms with Crippen LogP contribution in [0.2, 0.25) is 0 Å². The maximum Gasteiger partial charge on any atom is 0.234 e. The Bertz CT molecular complexity index is 524. The van der Waals surface area contributed by atoms with Crippen LogP contribution in [0.5, 0.6) is 5.88 Å².